The minimum atomic E-state index is -0.186. The van der Waals surface area contributed by atoms with Gasteiger partial charge in [0.25, 0.3) is 0 Å². The summed E-state index contributed by atoms with van der Waals surface area (Å²) in [6.07, 6.45) is 1.65. The molecule has 30 heavy (non-hydrogen) atoms. The topological polar surface area (TPSA) is 74.8 Å². The van der Waals surface area contributed by atoms with Crippen molar-refractivity contribution in [2.75, 3.05) is 13.1 Å². The first-order valence-electron chi connectivity index (χ1n) is 9.74. The number of imide groups is 2. The quantitative estimate of drug-likeness (QED) is 0.282. The molecule has 0 unspecified atom stereocenters. The second-order valence-electron chi connectivity index (χ2n) is 6.97. The molecule has 0 radical (unpaired) electrons. The molecule has 2 heterocycles. The average Bonchev–Trinajstić information content (AvgIpc) is 3.16. The zero-order valence-electron chi connectivity index (χ0n) is 16.2. The van der Waals surface area contributed by atoms with Gasteiger partial charge in [-0.3, -0.25) is 0 Å². The van der Waals surface area contributed by atoms with Gasteiger partial charge in [-0.05, 0) is 0 Å². The molecular weight excluding hydrogens is 514 g/mol. The Morgan fingerprint density at radius 3 is 1.13 bits per heavy atom. The predicted molar refractivity (Wildman–Crippen MR) is 114 cm³/mol. The first-order chi connectivity index (χ1) is 14.6. The molecule has 0 N–H and O–H groups in total. The average molecular weight is 534 g/mol. The second-order valence-corrected chi connectivity index (χ2v) is 14.8. The summed E-state index contributed by atoms with van der Waals surface area (Å²) in [4.78, 5) is 52.0. The van der Waals surface area contributed by atoms with Gasteiger partial charge >= 0.3 is 186 Å². The Kier molecular flexibility index (Phi) is 6.49. The van der Waals surface area contributed by atoms with Crippen LogP contribution in [0.5, 0.6) is 0 Å². The van der Waals surface area contributed by atoms with E-state index in [1.54, 1.807) is 48.5 Å². The fourth-order valence-corrected chi connectivity index (χ4v) is 10.2. The van der Waals surface area contributed by atoms with Crippen LogP contribution in [0.15, 0.2) is 48.5 Å². The third-order valence-corrected chi connectivity index (χ3v) is 12.8. The van der Waals surface area contributed by atoms with Crippen molar-refractivity contribution in [2.45, 2.75) is 23.5 Å². The number of carbonyl (C=O) groups is 4. The maximum atomic E-state index is 12.3. The maximum absolute atomic E-state index is 12.3. The van der Waals surface area contributed by atoms with Gasteiger partial charge in [0.15, 0.2) is 0 Å². The van der Waals surface area contributed by atoms with E-state index in [0.29, 0.717) is 61.6 Å². The summed E-state index contributed by atoms with van der Waals surface area (Å²) >= 11 is 0.960. The van der Waals surface area contributed by atoms with Crippen molar-refractivity contribution in [2.24, 2.45) is 0 Å². The first-order valence-corrected chi connectivity index (χ1v) is 16.5. The summed E-state index contributed by atoms with van der Waals surface area (Å²) in [5, 5.41) is 2.04. The Morgan fingerprint density at radius 1 is 0.533 bits per heavy atom. The number of hydrogen-bond donors (Lipinski definition) is 0. The van der Waals surface area contributed by atoms with Gasteiger partial charge in [0.1, 0.15) is 0 Å². The van der Waals surface area contributed by atoms with Gasteiger partial charge in [-0.15, -0.1) is 0 Å². The monoisotopic (exact) mass is 536 g/mol. The van der Waals surface area contributed by atoms with Crippen LogP contribution in [0.4, 0.5) is 0 Å². The van der Waals surface area contributed by atoms with Crippen molar-refractivity contribution in [3.8, 4) is 0 Å². The Bertz CT molecular complexity index is 872. The molecule has 4 amide bonds. The van der Waals surface area contributed by atoms with Crippen molar-refractivity contribution in [3.63, 3.8) is 0 Å². The molecule has 2 aromatic carbocycles. The molecule has 0 saturated carbocycles. The van der Waals surface area contributed by atoms with E-state index < -0.39 is 0 Å². The van der Waals surface area contributed by atoms with Crippen LogP contribution in [0.1, 0.15) is 54.3 Å². The molecule has 0 atom stereocenters. The molecule has 6 nitrogen and oxygen atoms in total. The molecule has 154 valence electrons. The Balaban J connectivity index is 1.12. The van der Waals surface area contributed by atoms with E-state index in [2.05, 4.69) is 0 Å². The third-order valence-electron chi connectivity index (χ3n) is 5.06. The van der Waals surface area contributed by atoms with Crippen LogP contribution in [0.3, 0.4) is 0 Å². The molecule has 0 spiro atoms. The normalized spacial score (nSPS) is 15.2. The molecule has 0 bridgehead atoms. The third kappa shape index (κ3) is 4.01. The van der Waals surface area contributed by atoms with Crippen LogP contribution in [0.2, 0.25) is 10.6 Å². The van der Waals surface area contributed by atoms with Crippen molar-refractivity contribution in [1.29, 1.82) is 0 Å². The summed E-state index contributed by atoms with van der Waals surface area (Å²) in [5.41, 5.74) is 2.02. The molecular formula is C22H20N2O4Se2. The first kappa shape index (κ1) is 21.0. The Hall–Kier alpha value is -2.24. The summed E-state index contributed by atoms with van der Waals surface area (Å²) < 4.78 is 0. The second kappa shape index (κ2) is 9.27. The van der Waals surface area contributed by atoms with Gasteiger partial charge in [0.2, 0.25) is 0 Å². The van der Waals surface area contributed by atoms with Crippen molar-refractivity contribution in [3.05, 3.63) is 70.8 Å². The van der Waals surface area contributed by atoms with E-state index in [1.165, 1.54) is 9.80 Å². The number of fused-ring (bicyclic) bond motifs is 2. The standard InChI is InChI=1S/C22H20N2O4Se2/c25-19-15-7-1-2-8-16(15)20(26)23(19)11-5-13-29-30-14-6-12-24-21(27)17-9-3-4-10-18(17)22(24)28/h1-4,7-10H,5-6,11-14H2. The number of benzene rings is 2. The molecule has 2 aliphatic rings. The molecule has 2 aromatic rings. The fraction of sp³-hybridized carbons (Fsp3) is 0.273. The Labute approximate surface area is 185 Å². The Morgan fingerprint density at radius 2 is 0.833 bits per heavy atom. The van der Waals surface area contributed by atoms with Gasteiger partial charge in [0, 0.05) is 0 Å². The summed E-state index contributed by atoms with van der Waals surface area (Å²) in [6.45, 7) is 0.943. The molecule has 0 saturated heterocycles. The fourth-order valence-electron chi connectivity index (χ4n) is 3.57. The summed E-state index contributed by atoms with van der Waals surface area (Å²) in [5.74, 6) is -0.742. The number of nitrogens with zero attached hydrogens (tertiary/aromatic N) is 2. The molecule has 2 aliphatic heterocycles. The van der Waals surface area contributed by atoms with E-state index in [-0.39, 0.29) is 23.6 Å². The van der Waals surface area contributed by atoms with Crippen LogP contribution in [0.25, 0.3) is 0 Å². The van der Waals surface area contributed by atoms with E-state index in [1.807, 2.05) is 0 Å². The van der Waals surface area contributed by atoms with E-state index in [4.69, 9.17) is 0 Å². The molecule has 0 aliphatic carbocycles. The van der Waals surface area contributed by atoms with Crippen molar-refractivity contribution < 1.29 is 19.2 Å². The number of hydrogen-bond acceptors (Lipinski definition) is 4. The molecule has 8 heteroatoms. The predicted octanol–water partition coefficient (Wildman–Crippen LogP) is 2.52. The minimum absolute atomic E-state index is 0.186. The number of carbonyl (C=O) groups excluding carboxylic acids is 4. The van der Waals surface area contributed by atoms with Crippen molar-refractivity contribution >= 4 is 49.9 Å². The van der Waals surface area contributed by atoms with Gasteiger partial charge in [0.05, 0.1) is 0 Å². The van der Waals surface area contributed by atoms with Crippen LogP contribution >= 0.6 is 0 Å². The van der Waals surface area contributed by atoms with Gasteiger partial charge in [-0.2, -0.15) is 0 Å². The van der Waals surface area contributed by atoms with Gasteiger partial charge < -0.3 is 0 Å². The van der Waals surface area contributed by atoms with Crippen LogP contribution in [-0.4, -0.2) is 72.8 Å². The van der Waals surface area contributed by atoms with E-state index >= 15 is 0 Å². The summed E-state index contributed by atoms with van der Waals surface area (Å²) in [7, 11) is 0. The molecule has 0 fully saturated rings. The summed E-state index contributed by atoms with van der Waals surface area (Å²) in [6, 6.07) is 13.9. The van der Waals surface area contributed by atoms with Crippen LogP contribution in [0, 0.1) is 0 Å². The zero-order valence-corrected chi connectivity index (χ0v) is 19.6. The van der Waals surface area contributed by atoms with E-state index in [0.717, 1.165) is 23.5 Å². The molecule has 0 aromatic heterocycles. The number of rotatable bonds is 9. The number of amides is 4. The van der Waals surface area contributed by atoms with Crippen LogP contribution < -0.4 is 0 Å². The van der Waals surface area contributed by atoms with Crippen LogP contribution in [-0.2, 0) is 0 Å². The van der Waals surface area contributed by atoms with Gasteiger partial charge in [-0.25, -0.2) is 0 Å². The zero-order chi connectivity index (χ0) is 21.1. The SMILES string of the molecule is O=C1c2ccccc2C(=O)N1CCC[Se][Se]CCCN1C(=O)c2ccccc2C1=O. The van der Waals surface area contributed by atoms with Gasteiger partial charge in [-0.1, -0.05) is 0 Å². The van der Waals surface area contributed by atoms with E-state index in [9.17, 15) is 19.2 Å². The molecule has 4 rings (SSSR count). The van der Waals surface area contributed by atoms with Crippen molar-refractivity contribution in [1.82, 2.24) is 9.80 Å².